The van der Waals surface area contributed by atoms with Gasteiger partial charge in [-0.1, -0.05) is 6.92 Å². The molecular weight excluding hydrogens is 214 g/mol. The molecule has 17 heavy (non-hydrogen) atoms. The van der Waals surface area contributed by atoms with Gasteiger partial charge in [-0.25, -0.2) is 0 Å². The SMILES string of the molecule is CCN1CCCC1CNC(=O)[C@H]1CCCNC1. The smallest absolute Gasteiger partial charge is 0.224 e. The lowest BCUT2D eigenvalue weighted by Crippen LogP contribution is -2.45. The van der Waals surface area contributed by atoms with Gasteiger partial charge in [0.25, 0.3) is 0 Å². The molecule has 2 atom stereocenters. The maximum absolute atomic E-state index is 12.0. The van der Waals surface area contributed by atoms with Gasteiger partial charge in [0.1, 0.15) is 0 Å². The van der Waals surface area contributed by atoms with E-state index in [0.29, 0.717) is 6.04 Å². The molecule has 0 spiro atoms. The predicted molar refractivity (Wildman–Crippen MR) is 68.9 cm³/mol. The molecule has 2 aliphatic rings. The number of hydrogen-bond donors (Lipinski definition) is 2. The summed E-state index contributed by atoms with van der Waals surface area (Å²) in [7, 11) is 0. The Morgan fingerprint density at radius 1 is 1.41 bits per heavy atom. The Hall–Kier alpha value is -0.610. The first-order valence-electron chi connectivity index (χ1n) is 7.03. The van der Waals surface area contributed by atoms with E-state index in [4.69, 9.17) is 0 Å². The van der Waals surface area contributed by atoms with Crippen molar-refractivity contribution in [2.45, 2.75) is 38.6 Å². The van der Waals surface area contributed by atoms with Crippen molar-refractivity contribution in [2.24, 2.45) is 5.92 Å². The van der Waals surface area contributed by atoms with E-state index in [-0.39, 0.29) is 11.8 Å². The van der Waals surface area contributed by atoms with Gasteiger partial charge in [-0.2, -0.15) is 0 Å². The van der Waals surface area contributed by atoms with E-state index in [1.165, 1.54) is 19.4 Å². The van der Waals surface area contributed by atoms with Gasteiger partial charge in [0.05, 0.1) is 5.92 Å². The molecule has 4 nitrogen and oxygen atoms in total. The van der Waals surface area contributed by atoms with Crippen molar-refractivity contribution in [1.82, 2.24) is 15.5 Å². The van der Waals surface area contributed by atoms with Crippen LogP contribution in [0.3, 0.4) is 0 Å². The molecule has 0 aromatic heterocycles. The van der Waals surface area contributed by atoms with E-state index in [1.54, 1.807) is 0 Å². The van der Waals surface area contributed by atoms with Crippen LogP contribution in [-0.2, 0) is 4.79 Å². The standard InChI is InChI=1S/C13H25N3O/c1-2-16-8-4-6-12(16)10-15-13(17)11-5-3-7-14-9-11/h11-12,14H,2-10H2,1H3,(H,15,17)/t11-,12?/m0/s1. The maximum Gasteiger partial charge on any atom is 0.224 e. The Morgan fingerprint density at radius 3 is 3.00 bits per heavy atom. The Balaban J connectivity index is 1.71. The summed E-state index contributed by atoms with van der Waals surface area (Å²) in [5, 5.41) is 6.43. The van der Waals surface area contributed by atoms with Crippen LogP contribution in [0, 0.1) is 5.92 Å². The zero-order valence-electron chi connectivity index (χ0n) is 10.9. The molecule has 0 aromatic rings. The summed E-state index contributed by atoms with van der Waals surface area (Å²) >= 11 is 0. The topological polar surface area (TPSA) is 44.4 Å². The van der Waals surface area contributed by atoms with E-state index in [1.807, 2.05) is 0 Å². The highest BCUT2D eigenvalue weighted by Gasteiger charge is 2.25. The van der Waals surface area contributed by atoms with E-state index >= 15 is 0 Å². The molecule has 0 radical (unpaired) electrons. The zero-order chi connectivity index (χ0) is 12.1. The second-order valence-electron chi connectivity index (χ2n) is 5.21. The Labute approximate surface area is 104 Å². The summed E-state index contributed by atoms with van der Waals surface area (Å²) in [6.45, 7) is 7.26. The van der Waals surface area contributed by atoms with Crippen LogP contribution in [0.5, 0.6) is 0 Å². The summed E-state index contributed by atoms with van der Waals surface area (Å²) in [4.78, 5) is 14.5. The average molecular weight is 239 g/mol. The third-order valence-electron chi connectivity index (χ3n) is 4.08. The molecule has 1 unspecified atom stereocenters. The first-order valence-corrected chi connectivity index (χ1v) is 7.03. The average Bonchev–Trinajstić information content (AvgIpc) is 2.84. The van der Waals surface area contributed by atoms with Gasteiger partial charge in [0.2, 0.25) is 5.91 Å². The van der Waals surface area contributed by atoms with Crippen LogP contribution in [-0.4, -0.2) is 49.6 Å². The number of amides is 1. The van der Waals surface area contributed by atoms with Crippen molar-refractivity contribution >= 4 is 5.91 Å². The minimum atomic E-state index is 0.195. The van der Waals surface area contributed by atoms with Crippen LogP contribution in [0.2, 0.25) is 0 Å². The molecule has 2 rings (SSSR count). The van der Waals surface area contributed by atoms with Gasteiger partial charge < -0.3 is 10.6 Å². The molecule has 2 aliphatic heterocycles. The molecule has 0 saturated carbocycles. The monoisotopic (exact) mass is 239 g/mol. The van der Waals surface area contributed by atoms with Crippen molar-refractivity contribution in [3.8, 4) is 0 Å². The van der Waals surface area contributed by atoms with Crippen LogP contribution in [0.4, 0.5) is 0 Å². The van der Waals surface area contributed by atoms with Crippen molar-refractivity contribution in [2.75, 3.05) is 32.7 Å². The first kappa shape index (κ1) is 12.8. The van der Waals surface area contributed by atoms with Gasteiger partial charge in [0, 0.05) is 19.1 Å². The lowest BCUT2D eigenvalue weighted by Gasteiger charge is -2.26. The Morgan fingerprint density at radius 2 is 2.29 bits per heavy atom. The number of carbonyl (C=O) groups is 1. The molecule has 0 aromatic carbocycles. The first-order chi connectivity index (χ1) is 8.31. The maximum atomic E-state index is 12.0. The fraction of sp³-hybridized carbons (Fsp3) is 0.923. The number of piperidine rings is 1. The minimum absolute atomic E-state index is 0.195. The number of rotatable bonds is 4. The molecule has 98 valence electrons. The molecule has 0 aliphatic carbocycles. The molecule has 2 heterocycles. The van der Waals surface area contributed by atoms with Crippen LogP contribution >= 0.6 is 0 Å². The fourth-order valence-electron chi connectivity index (χ4n) is 2.98. The summed E-state index contributed by atoms with van der Waals surface area (Å²) < 4.78 is 0. The normalized spacial score (nSPS) is 30.4. The van der Waals surface area contributed by atoms with Crippen molar-refractivity contribution in [3.63, 3.8) is 0 Å². The second-order valence-corrected chi connectivity index (χ2v) is 5.21. The quantitative estimate of drug-likeness (QED) is 0.754. The molecule has 2 fully saturated rings. The largest absolute Gasteiger partial charge is 0.354 e. The number of likely N-dealkylation sites (tertiary alicyclic amines) is 1. The van der Waals surface area contributed by atoms with Gasteiger partial charge in [-0.15, -0.1) is 0 Å². The van der Waals surface area contributed by atoms with Crippen LogP contribution in [0.25, 0.3) is 0 Å². The number of hydrogen-bond acceptors (Lipinski definition) is 3. The number of likely N-dealkylation sites (N-methyl/N-ethyl adjacent to an activating group) is 1. The van der Waals surface area contributed by atoms with E-state index < -0.39 is 0 Å². The molecular formula is C13H25N3O. The third kappa shape index (κ3) is 3.42. The van der Waals surface area contributed by atoms with Crippen LogP contribution in [0.15, 0.2) is 0 Å². The van der Waals surface area contributed by atoms with Gasteiger partial charge in [-0.3, -0.25) is 9.69 Å². The number of nitrogens with one attached hydrogen (secondary N) is 2. The highest BCUT2D eigenvalue weighted by atomic mass is 16.1. The third-order valence-corrected chi connectivity index (χ3v) is 4.08. The van der Waals surface area contributed by atoms with Gasteiger partial charge >= 0.3 is 0 Å². The molecule has 2 N–H and O–H groups in total. The van der Waals surface area contributed by atoms with Crippen LogP contribution in [0.1, 0.15) is 32.6 Å². The lowest BCUT2D eigenvalue weighted by molar-refractivity contribution is -0.125. The van der Waals surface area contributed by atoms with Gasteiger partial charge in [0.15, 0.2) is 0 Å². The van der Waals surface area contributed by atoms with Crippen molar-refractivity contribution in [3.05, 3.63) is 0 Å². The number of nitrogens with zero attached hydrogens (tertiary/aromatic N) is 1. The fourth-order valence-corrected chi connectivity index (χ4v) is 2.98. The van der Waals surface area contributed by atoms with E-state index in [2.05, 4.69) is 22.5 Å². The summed E-state index contributed by atoms with van der Waals surface area (Å²) in [5.74, 6) is 0.445. The van der Waals surface area contributed by atoms with E-state index in [0.717, 1.165) is 39.0 Å². The molecule has 0 bridgehead atoms. The Kier molecular flexibility index (Phi) is 4.80. The second kappa shape index (κ2) is 6.36. The van der Waals surface area contributed by atoms with Crippen LogP contribution < -0.4 is 10.6 Å². The summed E-state index contributed by atoms with van der Waals surface area (Å²) in [5.41, 5.74) is 0. The number of carbonyl (C=O) groups excluding carboxylic acids is 1. The molecule has 4 heteroatoms. The predicted octanol–water partition coefficient (Wildman–Crippen LogP) is 0.587. The highest BCUT2D eigenvalue weighted by molar-refractivity contribution is 5.79. The molecule has 2 saturated heterocycles. The van der Waals surface area contributed by atoms with Crippen molar-refractivity contribution in [1.29, 1.82) is 0 Å². The molecule has 1 amide bonds. The van der Waals surface area contributed by atoms with Gasteiger partial charge in [-0.05, 0) is 45.3 Å². The van der Waals surface area contributed by atoms with Crippen molar-refractivity contribution < 1.29 is 4.79 Å². The zero-order valence-corrected chi connectivity index (χ0v) is 10.9. The van der Waals surface area contributed by atoms with E-state index in [9.17, 15) is 4.79 Å². The lowest BCUT2D eigenvalue weighted by atomic mass is 9.99. The summed E-state index contributed by atoms with van der Waals surface area (Å²) in [6, 6.07) is 0.570. The summed E-state index contributed by atoms with van der Waals surface area (Å²) in [6.07, 6.45) is 4.68. The highest BCUT2D eigenvalue weighted by Crippen LogP contribution is 2.16. The Bertz CT molecular complexity index is 251. The minimum Gasteiger partial charge on any atom is -0.354 e.